The second kappa shape index (κ2) is 5.06. The van der Waals surface area contributed by atoms with Crippen molar-refractivity contribution in [2.24, 2.45) is 0 Å². The van der Waals surface area contributed by atoms with Gasteiger partial charge in [0.15, 0.2) is 0 Å². The van der Waals surface area contributed by atoms with Crippen molar-refractivity contribution in [2.75, 3.05) is 5.73 Å². The Kier molecular flexibility index (Phi) is 3.30. The Hall–Kier alpha value is -3.07. The van der Waals surface area contributed by atoms with Crippen LogP contribution in [0.3, 0.4) is 0 Å². The summed E-state index contributed by atoms with van der Waals surface area (Å²) >= 11 is 0. The molecule has 0 saturated heterocycles. The zero-order chi connectivity index (χ0) is 13.8. The molecule has 2 aromatic rings. The average Bonchev–Trinajstić information content (AvgIpc) is 2.41. The van der Waals surface area contributed by atoms with Crippen molar-refractivity contribution in [1.29, 1.82) is 5.26 Å². The van der Waals surface area contributed by atoms with E-state index in [1.54, 1.807) is 24.3 Å². The quantitative estimate of drug-likeness (QED) is 0.868. The van der Waals surface area contributed by atoms with Crippen LogP contribution in [0.5, 0.6) is 11.6 Å². The summed E-state index contributed by atoms with van der Waals surface area (Å²) in [6.45, 7) is 0. The van der Waals surface area contributed by atoms with Crippen LogP contribution >= 0.6 is 0 Å². The largest absolute Gasteiger partial charge is 0.477 e. The summed E-state index contributed by atoms with van der Waals surface area (Å²) in [6.07, 6.45) is 1.31. The number of hydrogen-bond donors (Lipinski definition) is 2. The fourth-order valence-electron chi connectivity index (χ4n) is 1.41. The van der Waals surface area contributed by atoms with Crippen LogP contribution in [0, 0.1) is 11.3 Å². The maximum Gasteiger partial charge on any atom is 0.341 e. The monoisotopic (exact) mass is 255 g/mol. The Bertz CT molecular complexity index is 660. The van der Waals surface area contributed by atoms with Crippen LogP contribution in [0.1, 0.15) is 15.9 Å². The number of anilines is 1. The molecule has 6 nitrogen and oxygen atoms in total. The standard InChI is InChI=1S/C13H9N3O3/c14-6-8-1-3-10(4-2-8)19-12-11(13(17)18)5-9(15)7-16-12/h1-5,7H,15H2,(H,17,18). The molecule has 0 aliphatic carbocycles. The first-order chi connectivity index (χ1) is 9.10. The number of hydrogen-bond acceptors (Lipinski definition) is 5. The van der Waals surface area contributed by atoms with Crippen LogP contribution in [-0.4, -0.2) is 16.1 Å². The fraction of sp³-hybridized carbons (Fsp3) is 0. The number of carbonyl (C=O) groups is 1. The van der Waals surface area contributed by atoms with Crippen LogP contribution < -0.4 is 10.5 Å². The molecule has 1 aromatic carbocycles. The highest BCUT2D eigenvalue weighted by atomic mass is 16.5. The summed E-state index contributed by atoms with van der Waals surface area (Å²) in [5.41, 5.74) is 6.08. The van der Waals surface area contributed by atoms with Gasteiger partial charge in [0.1, 0.15) is 11.3 Å². The van der Waals surface area contributed by atoms with E-state index < -0.39 is 5.97 Å². The molecule has 2 rings (SSSR count). The van der Waals surface area contributed by atoms with Gasteiger partial charge in [-0.05, 0) is 30.3 Å². The Balaban J connectivity index is 2.32. The topological polar surface area (TPSA) is 109 Å². The van der Waals surface area contributed by atoms with E-state index in [4.69, 9.17) is 20.8 Å². The molecule has 0 aliphatic heterocycles. The minimum atomic E-state index is -1.18. The molecular formula is C13H9N3O3. The number of carboxylic acids is 1. The van der Waals surface area contributed by atoms with Crippen LogP contribution in [0.4, 0.5) is 5.69 Å². The van der Waals surface area contributed by atoms with Crippen LogP contribution in [0.2, 0.25) is 0 Å². The SMILES string of the molecule is N#Cc1ccc(Oc2ncc(N)cc2C(=O)O)cc1. The Morgan fingerprint density at radius 2 is 2.05 bits per heavy atom. The van der Waals surface area contributed by atoms with E-state index in [2.05, 4.69) is 4.98 Å². The van der Waals surface area contributed by atoms with E-state index in [0.717, 1.165) is 0 Å². The second-order valence-corrected chi connectivity index (χ2v) is 3.66. The Labute approximate surface area is 108 Å². The van der Waals surface area contributed by atoms with Gasteiger partial charge in [0, 0.05) is 0 Å². The van der Waals surface area contributed by atoms with E-state index in [1.165, 1.54) is 12.3 Å². The van der Waals surface area contributed by atoms with E-state index in [9.17, 15) is 4.79 Å². The predicted octanol–water partition coefficient (Wildman–Crippen LogP) is 2.03. The van der Waals surface area contributed by atoms with Crippen molar-refractivity contribution in [3.63, 3.8) is 0 Å². The molecule has 1 heterocycles. The molecule has 3 N–H and O–H groups in total. The van der Waals surface area contributed by atoms with Gasteiger partial charge in [-0.3, -0.25) is 0 Å². The van der Waals surface area contributed by atoms with Crippen LogP contribution in [0.15, 0.2) is 36.5 Å². The van der Waals surface area contributed by atoms with E-state index in [-0.39, 0.29) is 17.1 Å². The third kappa shape index (κ3) is 2.79. The third-order valence-corrected chi connectivity index (χ3v) is 2.30. The van der Waals surface area contributed by atoms with Crippen molar-refractivity contribution in [1.82, 2.24) is 4.98 Å². The molecule has 0 aliphatic rings. The van der Waals surface area contributed by atoms with Gasteiger partial charge in [-0.1, -0.05) is 0 Å². The molecule has 0 radical (unpaired) electrons. The van der Waals surface area contributed by atoms with Crippen molar-refractivity contribution >= 4 is 11.7 Å². The van der Waals surface area contributed by atoms with Gasteiger partial charge in [-0.15, -0.1) is 0 Å². The molecule has 0 spiro atoms. The normalized spacial score (nSPS) is 9.63. The Morgan fingerprint density at radius 1 is 1.37 bits per heavy atom. The smallest absolute Gasteiger partial charge is 0.341 e. The maximum atomic E-state index is 11.0. The number of nitriles is 1. The number of benzene rings is 1. The summed E-state index contributed by atoms with van der Waals surface area (Å²) in [5, 5.41) is 17.7. The zero-order valence-electron chi connectivity index (χ0n) is 9.70. The lowest BCUT2D eigenvalue weighted by Crippen LogP contribution is -2.03. The highest BCUT2D eigenvalue weighted by Gasteiger charge is 2.14. The van der Waals surface area contributed by atoms with Gasteiger partial charge in [-0.25, -0.2) is 9.78 Å². The average molecular weight is 255 g/mol. The van der Waals surface area contributed by atoms with Gasteiger partial charge < -0.3 is 15.6 Å². The molecule has 0 amide bonds. The lowest BCUT2D eigenvalue weighted by molar-refractivity contribution is 0.0693. The number of nitrogens with zero attached hydrogens (tertiary/aromatic N) is 2. The molecule has 0 unspecified atom stereocenters. The number of pyridine rings is 1. The van der Waals surface area contributed by atoms with Gasteiger partial charge in [0.05, 0.1) is 23.5 Å². The maximum absolute atomic E-state index is 11.0. The number of carboxylic acid groups (broad SMARTS) is 1. The summed E-state index contributed by atoms with van der Waals surface area (Å²) in [4.78, 5) is 14.9. The molecule has 94 valence electrons. The molecule has 1 aromatic heterocycles. The molecule has 0 saturated carbocycles. The minimum absolute atomic E-state index is 0.0496. The first-order valence-electron chi connectivity index (χ1n) is 5.27. The van der Waals surface area contributed by atoms with Gasteiger partial charge in [-0.2, -0.15) is 5.26 Å². The highest BCUT2D eigenvalue weighted by Crippen LogP contribution is 2.24. The zero-order valence-corrected chi connectivity index (χ0v) is 9.70. The molecule has 0 bridgehead atoms. The first kappa shape index (κ1) is 12.4. The lowest BCUT2D eigenvalue weighted by atomic mass is 10.2. The van der Waals surface area contributed by atoms with Gasteiger partial charge in [0.2, 0.25) is 5.88 Å². The second-order valence-electron chi connectivity index (χ2n) is 3.66. The van der Waals surface area contributed by atoms with E-state index >= 15 is 0 Å². The van der Waals surface area contributed by atoms with Crippen molar-refractivity contribution < 1.29 is 14.6 Å². The number of nitrogen functional groups attached to an aromatic ring is 1. The van der Waals surface area contributed by atoms with Gasteiger partial charge in [0.25, 0.3) is 0 Å². The van der Waals surface area contributed by atoms with E-state index in [1.807, 2.05) is 6.07 Å². The molecule has 19 heavy (non-hydrogen) atoms. The Morgan fingerprint density at radius 3 is 2.63 bits per heavy atom. The molecule has 0 fully saturated rings. The lowest BCUT2D eigenvalue weighted by Gasteiger charge is -2.07. The first-order valence-corrected chi connectivity index (χ1v) is 5.27. The summed E-state index contributed by atoms with van der Waals surface area (Å²) < 4.78 is 5.37. The molecule has 6 heteroatoms. The van der Waals surface area contributed by atoms with Gasteiger partial charge >= 0.3 is 5.97 Å². The number of ether oxygens (including phenoxy) is 1. The highest BCUT2D eigenvalue weighted by molar-refractivity contribution is 5.91. The van der Waals surface area contributed by atoms with Crippen LogP contribution in [0.25, 0.3) is 0 Å². The number of rotatable bonds is 3. The minimum Gasteiger partial charge on any atom is -0.477 e. The van der Waals surface area contributed by atoms with E-state index in [0.29, 0.717) is 11.3 Å². The molecular weight excluding hydrogens is 246 g/mol. The number of aromatic nitrogens is 1. The third-order valence-electron chi connectivity index (χ3n) is 2.30. The van der Waals surface area contributed by atoms with Crippen molar-refractivity contribution in [3.8, 4) is 17.7 Å². The molecule has 0 atom stereocenters. The summed E-state index contributed by atoms with van der Waals surface area (Å²) in [6, 6.07) is 9.49. The van der Waals surface area contributed by atoms with Crippen LogP contribution in [-0.2, 0) is 0 Å². The van der Waals surface area contributed by atoms with Crippen molar-refractivity contribution in [3.05, 3.63) is 47.7 Å². The summed E-state index contributed by atoms with van der Waals surface area (Å²) in [5.74, 6) is -0.839. The van der Waals surface area contributed by atoms with Crippen molar-refractivity contribution in [2.45, 2.75) is 0 Å². The summed E-state index contributed by atoms with van der Waals surface area (Å²) in [7, 11) is 0. The number of nitrogens with two attached hydrogens (primary N) is 1. The fourth-order valence-corrected chi connectivity index (χ4v) is 1.41. The number of aromatic carboxylic acids is 1. The predicted molar refractivity (Wildman–Crippen MR) is 66.8 cm³/mol.